The summed E-state index contributed by atoms with van der Waals surface area (Å²) in [5.41, 5.74) is 3.91. The zero-order chi connectivity index (χ0) is 21.0. The zero-order valence-corrected chi connectivity index (χ0v) is 18.2. The minimum Gasteiger partial charge on any atom is -0.496 e. The Morgan fingerprint density at radius 2 is 1.84 bits per heavy atom. The highest BCUT2D eigenvalue weighted by Crippen LogP contribution is 2.31. The smallest absolute Gasteiger partial charge is 0.137 e. The molecule has 0 unspecified atom stereocenters. The summed E-state index contributed by atoms with van der Waals surface area (Å²) in [6.45, 7) is 6.30. The second-order valence-electron chi connectivity index (χ2n) is 8.95. The molecule has 3 aliphatic rings. The Kier molecular flexibility index (Phi) is 6.00. The van der Waals surface area contributed by atoms with E-state index in [0.29, 0.717) is 12.6 Å². The molecule has 4 heterocycles. The Labute approximate surface area is 184 Å². The van der Waals surface area contributed by atoms with Crippen molar-refractivity contribution in [2.24, 2.45) is 5.92 Å². The van der Waals surface area contributed by atoms with E-state index in [9.17, 15) is 0 Å². The van der Waals surface area contributed by atoms with Crippen molar-refractivity contribution in [3.8, 4) is 5.75 Å². The minimum absolute atomic E-state index is 0.628. The van der Waals surface area contributed by atoms with E-state index in [1.165, 1.54) is 37.1 Å². The predicted molar refractivity (Wildman–Crippen MR) is 121 cm³/mol. The van der Waals surface area contributed by atoms with E-state index in [2.05, 4.69) is 68.4 Å². The third kappa shape index (κ3) is 4.81. The minimum atomic E-state index is 0.628. The molecule has 1 aromatic heterocycles. The maximum absolute atomic E-state index is 5.60. The number of methoxy groups -OCH3 is 1. The number of hydrogen-bond acceptors (Lipinski definition) is 5. The quantitative estimate of drug-likeness (QED) is 0.589. The number of aromatic nitrogens is 3. The Morgan fingerprint density at radius 1 is 0.935 bits per heavy atom. The predicted octanol–water partition coefficient (Wildman–Crippen LogP) is 3.43. The van der Waals surface area contributed by atoms with Gasteiger partial charge >= 0.3 is 0 Å². The maximum atomic E-state index is 5.60. The zero-order valence-electron chi connectivity index (χ0n) is 18.2. The molecule has 31 heavy (non-hydrogen) atoms. The summed E-state index contributed by atoms with van der Waals surface area (Å²) >= 11 is 0. The van der Waals surface area contributed by atoms with Crippen molar-refractivity contribution in [1.29, 1.82) is 0 Å². The summed E-state index contributed by atoms with van der Waals surface area (Å²) in [6.07, 6.45) is 5.98. The molecule has 0 spiro atoms. The number of ether oxygens (including phenoxy) is 1. The molecule has 0 saturated carbocycles. The molecule has 0 aliphatic carbocycles. The normalized spacial score (nSPS) is 21.8. The number of benzene rings is 2. The molecule has 162 valence electrons. The highest BCUT2D eigenvalue weighted by Gasteiger charge is 2.34. The van der Waals surface area contributed by atoms with Crippen molar-refractivity contribution in [1.82, 2.24) is 24.6 Å². The van der Waals surface area contributed by atoms with Crippen LogP contribution in [0.25, 0.3) is 0 Å². The van der Waals surface area contributed by atoms with Crippen LogP contribution in [-0.4, -0.2) is 57.4 Å². The molecule has 0 amide bonds. The largest absolute Gasteiger partial charge is 0.496 e. The number of nitrogens with zero attached hydrogens (tertiary/aromatic N) is 5. The van der Waals surface area contributed by atoms with E-state index in [0.717, 1.165) is 36.9 Å². The van der Waals surface area contributed by atoms with Crippen LogP contribution in [0.15, 0.2) is 61.2 Å². The first kappa shape index (κ1) is 20.2. The number of fused-ring (bicyclic) bond motifs is 4. The third-order valence-corrected chi connectivity index (χ3v) is 6.68. The lowest BCUT2D eigenvalue weighted by atomic mass is 9.94. The Morgan fingerprint density at radius 3 is 2.65 bits per heavy atom. The van der Waals surface area contributed by atoms with Crippen LogP contribution in [0, 0.1) is 5.92 Å². The van der Waals surface area contributed by atoms with Crippen LogP contribution < -0.4 is 4.74 Å². The number of piperidine rings is 1. The standard InChI is InChI=1S/C25H31N5O/c1-31-25-10-8-21(11-23(25)16-30-19-26-18-27-30)14-29-15-22-7-9-24(29)17-28(13-22)12-20-5-3-2-4-6-20/h2-6,8,10-11,18-19,22,24H,7,9,12-17H2,1H3/t22-,24+/m1/s1. The van der Waals surface area contributed by atoms with Gasteiger partial charge in [0.15, 0.2) is 0 Å². The fourth-order valence-corrected chi connectivity index (χ4v) is 5.22. The molecule has 2 bridgehead atoms. The molecule has 6 nitrogen and oxygen atoms in total. The molecule has 0 N–H and O–H groups in total. The Balaban J connectivity index is 1.29. The van der Waals surface area contributed by atoms with Crippen LogP contribution >= 0.6 is 0 Å². The monoisotopic (exact) mass is 417 g/mol. The lowest BCUT2D eigenvalue weighted by Gasteiger charge is -2.36. The van der Waals surface area contributed by atoms with Gasteiger partial charge in [-0.05, 0) is 42.0 Å². The van der Waals surface area contributed by atoms with Crippen molar-refractivity contribution >= 4 is 0 Å². The van der Waals surface area contributed by atoms with Gasteiger partial charge in [-0.2, -0.15) is 5.10 Å². The summed E-state index contributed by atoms with van der Waals surface area (Å²) in [5, 5.41) is 4.25. The van der Waals surface area contributed by atoms with E-state index < -0.39 is 0 Å². The first-order valence-electron chi connectivity index (χ1n) is 11.3. The maximum Gasteiger partial charge on any atom is 0.137 e. The van der Waals surface area contributed by atoms with Gasteiger partial charge in [0.2, 0.25) is 0 Å². The summed E-state index contributed by atoms with van der Waals surface area (Å²) in [7, 11) is 1.73. The molecule has 3 saturated heterocycles. The van der Waals surface area contributed by atoms with Gasteiger partial charge in [-0.1, -0.05) is 36.4 Å². The first-order valence-corrected chi connectivity index (χ1v) is 11.3. The number of rotatable bonds is 7. The van der Waals surface area contributed by atoms with Crippen molar-refractivity contribution < 1.29 is 4.74 Å². The summed E-state index contributed by atoms with van der Waals surface area (Å²) in [6, 6.07) is 18.1. The highest BCUT2D eigenvalue weighted by molar-refractivity contribution is 5.37. The van der Waals surface area contributed by atoms with Crippen molar-refractivity contribution in [2.45, 2.75) is 38.5 Å². The van der Waals surface area contributed by atoms with Crippen LogP contribution in [0.3, 0.4) is 0 Å². The fraction of sp³-hybridized carbons (Fsp3) is 0.440. The Bertz CT molecular complexity index is 975. The van der Waals surface area contributed by atoms with E-state index in [4.69, 9.17) is 4.74 Å². The summed E-state index contributed by atoms with van der Waals surface area (Å²) in [5.74, 6) is 1.67. The van der Waals surface area contributed by atoms with E-state index in [-0.39, 0.29) is 0 Å². The highest BCUT2D eigenvalue weighted by atomic mass is 16.5. The fourth-order valence-electron chi connectivity index (χ4n) is 5.22. The van der Waals surface area contributed by atoms with Crippen molar-refractivity contribution in [2.75, 3.05) is 26.7 Å². The molecule has 6 heteroatoms. The van der Waals surface area contributed by atoms with Crippen molar-refractivity contribution in [3.63, 3.8) is 0 Å². The topological polar surface area (TPSA) is 46.4 Å². The molecule has 3 aromatic rings. The van der Waals surface area contributed by atoms with Gasteiger partial charge in [0.1, 0.15) is 18.4 Å². The van der Waals surface area contributed by atoms with E-state index >= 15 is 0 Å². The van der Waals surface area contributed by atoms with Gasteiger partial charge < -0.3 is 4.74 Å². The van der Waals surface area contributed by atoms with Crippen LogP contribution in [-0.2, 0) is 19.6 Å². The first-order chi connectivity index (χ1) is 15.3. The average Bonchev–Trinajstić information content (AvgIpc) is 3.15. The summed E-state index contributed by atoms with van der Waals surface area (Å²) < 4.78 is 7.44. The molecule has 2 aromatic carbocycles. The average molecular weight is 418 g/mol. The SMILES string of the molecule is COc1ccc(CN2C[C@@H]3CC[C@H]2CN(Cc2ccccc2)C3)cc1Cn1cncn1. The number of hydrogen-bond donors (Lipinski definition) is 0. The van der Waals surface area contributed by atoms with Crippen LogP contribution in [0.2, 0.25) is 0 Å². The van der Waals surface area contributed by atoms with E-state index in [1.54, 1.807) is 19.8 Å². The molecule has 2 atom stereocenters. The van der Waals surface area contributed by atoms with E-state index in [1.807, 2.05) is 4.68 Å². The van der Waals surface area contributed by atoms with Crippen LogP contribution in [0.1, 0.15) is 29.5 Å². The lowest BCUT2D eigenvalue weighted by molar-refractivity contribution is 0.123. The molecule has 6 rings (SSSR count). The van der Waals surface area contributed by atoms with Gasteiger partial charge in [-0.25, -0.2) is 9.67 Å². The second-order valence-corrected chi connectivity index (χ2v) is 8.95. The van der Waals surface area contributed by atoms with Crippen LogP contribution in [0.4, 0.5) is 0 Å². The second kappa shape index (κ2) is 9.20. The summed E-state index contributed by atoms with van der Waals surface area (Å²) in [4.78, 5) is 9.44. The third-order valence-electron chi connectivity index (χ3n) is 6.68. The molecule has 3 aliphatic heterocycles. The van der Waals surface area contributed by atoms with Gasteiger partial charge in [0.25, 0.3) is 0 Å². The van der Waals surface area contributed by atoms with Crippen molar-refractivity contribution in [3.05, 3.63) is 77.9 Å². The Hall–Kier alpha value is -2.70. The van der Waals surface area contributed by atoms with Crippen LogP contribution in [0.5, 0.6) is 5.75 Å². The molecule has 3 fully saturated rings. The molecular formula is C25H31N5O. The van der Waals surface area contributed by atoms with Gasteiger partial charge in [-0.3, -0.25) is 9.80 Å². The van der Waals surface area contributed by atoms with Gasteiger partial charge in [0, 0.05) is 44.3 Å². The van der Waals surface area contributed by atoms with Gasteiger partial charge in [-0.15, -0.1) is 0 Å². The lowest BCUT2D eigenvalue weighted by Crippen LogP contribution is -2.43. The molecular weight excluding hydrogens is 386 g/mol. The van der Waals surface area contributed by atoms with Gasteiger partial charge in [0.05, 0.1) is 13.7 Å². The molecule has 0 radical (unpaired) electrons.